The summed E-state index contributed by atoms with van der Waals surface area (Å²) >= 11 is 0.792. The Morgan fingerprint density at radius 1 is 0.812 bits per heavy atom. The fourth-order valence-corrected chi connectivity index (χ4v) is 2.95. The molecule has 1 aromatic carbocycles. The molecule has 170 valence electrons. The minimum absolute atomic E-state index is 0.0525. The molecule has 1 aromatic rings. The number of nitrogens with one attached hydrogen (secondary N) is 3. The van der Waals surface area contributed by atoms with Crippen molar-refractivity contribution in [3.63, 3.8) is 0 Å². The maximum absolute atomic E-state index is 11.9. The summed E-state index contributed by atoms with van der Waals surface area (Å²) in [4.78, 5) is 85.8. The predicted octanol–water partition coefficient (Wildman–Crippen LogP) is -1.48. The first-order valence-corrected chi connectivity index (χ1v) is 10.3. The van der Waals surface area contributed by atoms with Crippen molar-refractivity contribution in [3.05, 3.63) is 35.9 Å². The highest BCUT2D eigenvalue weighted by molar-refractivity contribution is 8.14. The minimum atomic E-state index is -1.02. The molecule has 5 amide bonds. The molecule has 0 unspecified atom stereocenters. The Kier molecular flexibility index (Phi) is 9.35. The van der Waals surface area contributed by atoms with E-state index in [4.69, 9.17) is 0 Å². The molecule has 0 bridgehead atoms. The highest BCUT2D eigenvalue weighted by Gasteiger charge is 2.32. The third-order valence-corrected chi connectivity index (χ3v) is 4.77. The summed E-state index contributed by atoms with van der Waals surface area (Å²) in [6.07, 6.45) is -0.105. The van der Waals surface area contributed by atoms with E-state index in [1.54, 1.807) is 30.3 Å². The molecule has 32 heavy (non-hydrogen) atoms. The molecule has 0 aliphatic carbocycles. The van der Waals surface area contributed by atoms with Gasteiger partial charge in [0.05, 0.1) is 18.8 Å². The van der Waals surface area contributed by atoms with Crippen molar-refractivity contribution < 1.29 is 38.4 Å². The summed E-state index contributed by atoms with van der Waals surface area (Å²) in [7, 11) is 0. The highest BCUT2D eigenvalue weighted by atomic mass is 32.2. The van der Waals surface area contributed by atoms with E-state index in [0.29, 0.717) is 10.6 Å². The van der Waals surface area contributed by atoms with E-state index in [9.17, 15) is 33.6 Å². The SMILES string of the molecule is O=C(CNC(=O)CSC(=O)c1ccccc1)NCC(=O)NCC(=O)ON1C(=O)CCC1=O. The number of amides is 5. The molecule has 12 nitrogen and oxygen atoms in total. The predicted molar refractivity (Wildman–Crippen MR) is 109 cm³/mol. The van der Waals surface area contributed by atoms with E-state index in [2.05, 4.69) is 20.8 Å². The van der Waals surface area contributed by atoms with E-state index in [1.165, 1.54) is 0 Å². The molecule has 3 N–H and O–H groups in total. The normalized spacial score (nSPS) is 12.8. The largest absolute Gasteiger partial charge is 0.352 e. The molecule has 2 rings (SSSR count). The van der Waals surface area contributed by atoms with Crippen LogP contribution >= 0.6 is 11.8 Å². The lowest BCUT2D eigenvalue weighted by Crippen LogP contribution is -2.44. The first kappa shape index (κ1) is 24.5. The second-order valence-corrected chi connectivity index (χ2v) is 7.27. The number of imide groups is 1. The molecule has 0 spiro atoms. The Labute approximate surface area is 186 Å². The quantitative estimate of drug-likeness (QED) is 0.350. The van der Waals surface area contributed by atoms with Gasteiger partial charge in [0, 0.05) is 18.4 Å². The van der Waals surface area contributed by atoms with Crippen molar-refractivity contribution in [2.24, 2.45) is 0 Å². The fourth-order valence-electron chi connectivity index (χ4n) is 2.29. The number of carbonyl (C=O) groups excluding carboxylic acids is 7. The first-order chi connectivity index (χ1) is 15.3. The molecule has 1 aliphatic rings. The summed E-state index contributed by atoms with van der Waals surface area (Å²) < 4.78 is 0. The summed E-state index contributed by atoms with van der Waals surface area (Å²) in [5.74, 6) is -4.42. The lowest BCUT2D eigenvalue weighted by atomic mass is 10.2. The summed E-state index contributed by atoms with van der Waals surface area (Å²) in [5, 5.41) is 6.76. The minimum Gasteiger partial charge on any atom is -0.346 e. The Morgan fingerprint density at radius 2 is 1.34 bits per heavy atom. The second-order valence-electron chi connectivity index (χ2n) is 6.32. The van der Waals surface area contributed by atoms with Crippen LogP contribution in [0.1, 0.15) is 23.2 Å². The van der Waals surface area contributed by atoms with E-state index < -0.39 is 55.1 Å². The van der Waals surface area contributed by atoms with Crippen molar-refractivity contribution in [3.8, 4) is 0 Å². The van der Waals surface area contributed by atoms with Gasteiger partial charge in [-0.1, -0.05) is 42.1 Å². The average molecular weight is 464 g/mol. The topological polar surface area (TPSA) is 168 Å². The summed E-state index contributed by atoms with van der Waals surface area (Å²) in [5.41, 5.74) is 0.455. The van der Waals surface area contributed by atoms with Crippen LogP contribution < -0.4 is 16.0 Å². The van der Waals surface area contributed by atoms with E-state index in [1.807, 2.05) is 0 Å². The monoisotopic (exact) mass is 464 g/mol. The summed E-state index contributed by atoms with van der Waals surface area (Å²) in [6, 6.07) is 8.41. The van der Waals surface area contributed by atoms with Crippen molar-refractivity contribution >= 4 is 52.4 Å². The number of hydrogen-bond donors (Lipinski definition) is 3. The lowest BCUT2D eigenvalue weighted by molar-refractivity contribution is -0.196. The Bertz CT molecular complexity index is 905. The van der Waals surface area contributed by atoms with Crippen LogP contribution in [0.5, 0.6) is 0 Å². The third-order valence-electron chi connectivity index (χ3n) is 3.86. The summed E-state index contributed by atoms with van der Waals surface area (Å²) in [6.45, 7) is -1.51. The van der Waals surface area contributed by atoms with Gasteiger partial charge in [-0.15, -0.1) is 5.06 Å². The van der Waals surface area contributed by atoms with E-state index in [-0.39, 0.29) is 23.7 Å². The number of nitrogens with zero attached hydrogens (tertiary/aromatic N) is 1. The molecule has 0 atom stereocenters. The van der Waals surface area contributed by atoms with Gasteiger partial charge in [-0.2, -0.15) is 0 Å². The smallest absolute Gasteiger partial charge is 0.346 e. The van der Waals surface area contributed by atoms with Gasteiger partial charge in [0.2, 0.25) is 22.8 Å². The molecule has 1 fully saturated rings. The average Bonchev–Trinajstić information content (AvgIpc) is 3.10. The number of hydrogen-bond acceptors (Lipinski definition) is 9. The lowest BCUT2D eigenvalue weighted by Gasteiger charge is -2.13. The Morgan fingerprint density at radius 3 is 1.94 bits per heavy atom. The van der Waals surface area contributed by atoms with Gasteiger partial charge in [0.25, 0.3) is 11.8 Å². The van der Waals surface area contributed by atoms with Crippen LogP contribution in [-0.4, -0.2) is 71.1 Å². The molecular formula is C19H20N4O8S. The Balaban J connectivity index is 1.57. The van der Waals surface area contributed by atoms with Crippen LogP contribution in [-0.2, 0) is 33.6 Å². The van der Waals surface area contributed by atoms with Crippen LogP contribution in [0.15, 0.2) is 30.3 Å². The standard InChI is InChI=1S/C19H20N4O8S/c24-13(9-21-15(26)11-32-19(30)12-4-2-1-3-5-12)20-8-14(25)22-10-18(29)31-23-16(27)6-7-17(23)28/h1-5H,6-11H2,(H,20,24)(H,21,26)(H,22,25). The van der Waals surface area contributed by atoms with Gasteiger partial charge in [0.1, 0.15) is 6.54 Å². The molecular weight excluding hydrogens is 444 g/mol. The second kappa shape index (κ2) is 12.2. The zero-order valence-corrected chi connectivity index (χ0v) is 17.6. The number of carbonyl (C=O) groups is 7. The van der Waals surface area contributed by atoms with Gasteiger partial charge in [0.15, 0.2) is 0 Å². The number of benzene rings is 1. The van der Waals surface area contributed by atoms with Gasteiger partial charge >= 0.3 is 5.97 Å². The first-order valence-electron chi connectivity index (χ1n) is 9.35. The maximum Gasteiger partial charge on any atom is 0.352 e. The zero-order chi connectivity index (χ0) is 23.5. The molecule has 0 aromatic heterocycles. The Hall–Kier alpha value is -3.74. The van der Waals surface area contributed by atoms with Crippen molar-refractivity contribution in [2.75, 3.05) is 25.4 Å². The molecule has 1 aliphatic heterocycles. The zero-order valence-electron chi connectivity index (χ0n) is 16.8. The van der Waals surface area contributed by atoms with Crippen LogP contribution in [0.25, 0.3) is 0 Å². The highest BCUT2D eigenvalue weighted by Crippen LogP contribution is 2.12. The van der Waals surface area contributed by atoms with Crippen molar-refractivity contribution in [1.82, 2.24) is 21.0 Å². The van der Waals surface area contributed by atoms with Gasteiger partial charge < -0.3 is 20.8 Å². The van der Waals surface area contributed by atoms with Crippen LogP contribution in [0, 0.1) is 0 Å². The van der Waals surface area contributed by atoms with E-state index >= 15 is 0 Å². The fraction of sp³-hybridized carbons (Fsp3) is 0.316. The van der Waals surface area contributed by atoms with Crippen LogP contribution in [0.4, 0.5) is 0 Å². The molecule has 0 radical (unpaired) electrons. The van der Waals surface area contributed by atoms with Crippen molar-refractivity contribution in [2.45, 2.75) is 12.8 Å². The number of hydroxylamine groups is 2. The third kappa shape index (κ3) is 8.18. The van der Waals surface area contributed by atoms with Gasteiger partial charge in [-0.25, -0.2) is 4.79 Å². The number of rotatable bonds is 10. The van der Waals surface area contributed by atoms with Gasteiger partial charge in [-0.3, -0.25) is 28.8 Å². The van der Waals surface area contributed by atoms with Gasteiger partial charge in [-0.05, 0) is 0 Å². The molecule has 0 saturated carbocycles. The number of thioether (sulfide) groups is 1. The maximum atomic E-state index is 11.9. The van der Waals surface area contributed by atoms with E-state index in [0.717, 1.165) is 11.8 Å². The van der Waals surface area contributed by atoms with Crippen molar-refractivity contribution in [1.29, 1.82) is 0 Å². The van der Waals surface area contributed by atoms with Crippen LogP contribution in [0.2, 0.25) is 0 Å². The van der Waals surface area contributed by atoms with Crippen LogP contribution in [0.3, 0.4) is 0 Å². The molecule has 1 saturated heterocycles. The molecule has 1 heterocycles. The molecule has 13 heteroatoms.